The Balaban J connectivity index is 1.25. The SMILES string of the molecule is c1ccc(-c2ccc(N(c3ccc(-c4ccccc4)cc3)c3ccc4ccc5c(c(-c6ccccc6)c6ccccn65)c4c3)cc2)cc1. The van der Waals surface area contributed by atoms with Crippen molar-refractivity contribution in [3.05, 3.63) is 194 Å². The minimum atomic E-state index is 1.11. The van der Waals surface area contributed by atoms with Crippen molar-refractivity contribution in [1.82, 2.24) is 4.40 Å². The Morgan fingerprint density at radius 1 is 0.354 bits per heavy atom. The molecule has 0 aliphatic carbocycles. The first-order valence-electron chi connectivity index (χ1n) is 16.4. The predicted molar refractivity (Wildman–Crippen MR) is 203 cm³/mol. The van der Waals surface area contributed by atoms with Crippen molar-refractivity contribution >= 4 is 44.3 Å². The molecule has 2 heterocycles. The van der Waals surface area contributed by atoms with Crippen LogP contribution in [0.3, 0.4) is 0 Å². The zero-order chi connectivity index (χ0) is 31.9. The lowest BCUT2D eigenvalue weighted by molar-refractivity contribution is 1.25. The predicted octanol–water partition coefficient (Wildman–Crippen LogP) is 12.7. The highest BCUT2D eigenvalue weighted by atomic mass is 15.1. The van der Waals surface area contributed by atoms with Crippen LogP contribution in [0.15, 0.2) is 194 Å². The van der Waals surface area contributed by atoms with Crippen molar-refractivity contribution < 1.29 is 0 Å². The number of fused-ring (bicyclic) bond motifs is 5. The molecule has 0 spiro atoms. The largest absolute Gasteiger partial charge is 0.316 e. The maximum atomic E-state index is 2.37. The third kappa shape index (κ3) is 4.83. The van der Waals surface area contributed by atoms with E-state index in [4.69, 9.17) is 0 Å². The maximum Gasteiger partial charge on any atom is 0.0541 e. The van der Waals surface area contributed by atoms with Crippen LogP contribution in [0, 0.1) is 0 Å². The van der Waals surface area contributed by atoms with Gasteiger partial charge in [-0.15, -0.1) is 0 Å². The van der Waals surface area contributed by atoms with E-state index in [0.29, 0.717) is 0 Å². The number of hydrogen-bond acceptors (Lipinski definition) is 1. The van der Waals surface area contributed by atoms with Gasteiger partial charge in [-0.2, -0.15) is 0 Å². The maximum absolute atomic E-state index is 2.37. The van der Waals surface area contributed by atoms with E-state index in [2.05, 4.69) is 204 Å². The summed E-state index contributed by atoms with van der Waals surface area (Å²) in [7, 11) is 0. The summed E-state index contributed by atoms with van der Waals surface area (Å²) in [6.07, 6.45) is 2.18. The highest BCUT2D eigenvalue weighted by Gasteiger charge is 2.19. The van der Waals surface area contributed by atoms with Gasteiger partial charge >= 0.3 is 0 Å². The summed E-state index contributed by atoms with van der Waals surface area (Å²) in [5.41, 5.74) is 13.1. The van der Waals surface area contributed by atoms with Gasteiger partial charge < -0.3 is 9.30 Å². The van der Waals surface area contributed by atoms with E-state index in [-0.39, 0.29) is 0 Å². The van der Waals surface area contributed by atoms with Gasteiger partial charge in [-0.1, -0.05) is 133 Å². The highest BCUT2D eigenvalue weighted by Crippen LogP contribution is 2.43. The number of hydrogen-bond donors (Lipinski definition) is 0. The number of pyridine rings is 1. The van der Waals surface area contributed by atoms with Crippen LogP contribution in [-0.4, -0.2) is 4.40 Å². The van der Waals surface area contributed by atoms with Crippen molar-refractivity contribution in [2.75, 3.05) is 4.90 Å². The molecule has 7 aromatic carbocycles. The zero-order valence-corrected chi connectivity index (χ0v) is 26.4. The second-order valence-electron chi connectivity index (χ2n) is 12.2. The minimum Gasteiger partial charge on any atom is -0.316 e. The van der Waals surface area contributed by atoms with Gasteiger partial charge in [0.2, 0.25) is 0 Å². The molecular formula is C46H32N2. The van der Waals surface area contributed by atoms with Crippen molar-refractivity contribution in [3.63, 3.8) is 0 Å². The molecule has 226 valence electrons. The fourth-order valence-corrected chi connectivity index (χ4v) is 7.10. The van der Waals surface area contributed by atoms with Gasteiger partial charge in [0.15, 0.2) is 0 Å². The van der Waals surface area contributed by atoms with Gasteiger partial charge in [0.05, 0.1) is 11.0 Å². The Bertz CT molecular complexity index is 2430. The Morgan fingerprint density at radius 3 is 1.42 bits per heavy atom. The normalized spacial score (nSPS) is 11.3. The molecule has 0 atom stereocenters. The molecule has 0 radical (unpaired) electrons. The van der Waals surface area contributed by atoms with Crippen LogP contribution in [0.2, 0.25) is 0 Å². The molecule has 0 saturated heterocycles. The smallest absolute Gasteiger partial charge is 0.0541 e. The van der Waals surface area contributed by atoms with Crippen molar-refractivity contribution in [1.29, 1.82) is 0 Å². The van der Waals surface area contributed by atoms with Crippen LogP contribution in [-0.2, 0) is 0 Å². The van der Waals surface area contributed by atoms with E-state index in [9.17, 15) is 0 Å². The molecular weight excluding hydrogens is 581 g/mol. The Hall–Kier alpha value is -6.38. The van der Waals surface area contributed by atoms with Crippen LogP contribution in [0.4, 0.5) is 17.1 Å². The van der Waals surface area contributed by atoms with Crippen LogP contribution < -0.4 is 4.90 Å². The lowest BCUT2D eigenvalue weighted by atomic mass is 9.97. The summed E-state index contributed by atoms with van der Waals surface area (Å²) in [6, 6.07) is 67.7. The van der Waals surface area contributed by atoms with Gasteiger partial charge in [0, 0.05) is 34.2 Å². The Labute approximate surface area is 280 Å². The lowest BCUT2D eigenvalue weighted by Gasteiger charge is -2.26. The number of rotatable bonds is 6. The molecule has 2 nitrogen and oxygen atoms in total. The molecule has 0 aliphatic heterocycles. The molecule has 0 saturated carbocycles. The number of aromatic nitrogens is 1. The average molecular weight is 613 g/mol. The number of nitrogens with zero attached hydrogens (tertiary/aromatic N) is 2. The molecule has 2 heteroatoms. The van der Waals surface area contributed by atoms with Gasteiger partial charge in [-0.25, -0.2) is 0 Å². The lowest BCUT2D eigenvalue weighted by Crippen LogP contribution is -2.09. The van der Waals surface area contributed by atoms with Crippen molar-refractivity contribution in [2.45, 2.75) is 0 Å². The molecule has 0 amide bonds. The summed E-state index contributed by atoms with van der Waals surface area (Å²) < 4.78 is 2.33. The summed E-state index contributed by atoms with van der Waals surface area (Å²) in [4.78, 5) is 2.37. The second-order valence-corrected chi connectivity index (χ2v) is 12.2. The second kappa shape index (κ2) is 11.8. The number of benzene rings is 7. The van der Waals surface area contributed by atoms with Crippen molar-refractivity contribution in [2.24, 2.45) is 0 Å². The highest BCUT2D eigenvalue weighted by molar-refractivity contribution is 6.19. The van der Waals surface area contributed by atoms with E-state index < -0.39 is 0 Å². The zero-order valence-electron chi connectivity index (χ0n) is 26.4. The number of anilines is 3. The molecule has 0 bridgehead atoms. The van der Waals surface area contributed by atoms with Crippen LogP contribution in [0.25, 0.3) is 60.6 Å². The fraction of sp³-hybridized carbons (Fsp3) is 0. The topological polar surface area (TPSA) is 7.65 Å². The van der Waals surface area contributed by atoms with Gasteiger partial charge in [0.25, 0.3) is 0 Å². The molecule has 9 aromatic rings. The summed E-state index contributed by atoms with van der Waals surface area (Å²) in [5, 5.41) is 3.73. The Kier molecular flexibility index (Phi) is 6.84. The van der Waals surface area contributed by atoms with E-state index in [0.717, 1.165) is 17.1 Å². The third-order valence-corrected chi connectivity index (χ3v) is 9.39. The van der Waals surface area contributed by atoms with E-state index >= 15 is 0 Å². The van der Waals surface area contributed by atoms with E-state index in [1.165, 1.54) is 60.6 Å². The average Bonchev–Trinajstić information content (AvgIpc) is 3.52. The monoisotopic (exact) mass is 612 g/mol. The molecule has 0 aliphatic rings. The molecule has 0 unspecified atom stereocenters. The Morgan fingerprint density at radius 2 is 0.833 bits per heavy atom. The van der Waals surface area contributed by atoms with Crippen LogP contribution in [0.1, 0.15) is 0 Å². The first kappa shape index (κ1) is 27.9. The molecule has 0 N–H and O–H groups in total. The van der Waals surface area contributed by atoms with Gasteiger partial charge in [-0.3, -0.25) is 0 Å². The van der Waals surface area contributed by atoms with Gasteiger partial charge in [-0.05, 0) is 93.2 Å². The third-order valence-electron chi connectivity index (χ3n) is 9.39. The standard InChI is InChI=1S/C46H32N2/c1-4-12-33(13-5-1)35-19-25-39(26-20-35)48(40-27-21-36(22-28-40)34-14-6-2-7-15-34)41-29-23-37-24-30-44-46(42(37)32-41)45(38-16-8-3-9-17-38)43-18-10-11-31-47(43)44/h1-32H. The molecule has 9 rings (SSSR count). The molecule has 0 fully saturated rings. The van der Waals surface area contributed by atoms with Crippen LogP contribution in [0.5, 0.6) is 0 Å². The molecule has 2 aromatic heterocycles. The van der Waals surface area contributed by atoms with Crippen LogP contribution >= 0.6 is 0 Å². The van der Waals surface area contributed by atoms with E-state index in [1.807, 2.05) is 0 Å². The van der Waals surface area contributed by atoms with Crippen molar-refractivity contribution in [3.8, 4) is 33.4 Å². The summed E-state index contributed by atoms with van der Waals surface area (Å²) >= 11 is 0. The van der Waals surface area contributed by atoms with E-state index in [1.54, 1.807) is 0 Å². The quantitative estimate of drug-likeness (QED) is 0.181. The summed E-state index contributed by atoms with van der Waals surface area (Å²) in [6.45, 7) is 0. The van der Waals surface area contributed by atoms with Gasteiger partial charge in [0.1, 0.15) is 0 Å². The minimum absolute atomic E-state index is 1.11. The fourth-order valence-electron chi connectivity index (χ4n) is 7.10. The summed E-state index contributed by atoms with van der Waals surface area (Å²) in [5.74, 6) is 0. The first-order chi connectivity index (χ1) is 23.8. The first-order valence-corrected chi connectivity index (χ1v) is 16.4. The molecule has 48 heavy (non-hydrogen) atoms.